The van der Waals surface area contributed by atoms with Gasteiger partial charge in [0.2, 0.25) is 0 Å². The number of aromatic nitrogens is 5. The molecule has 0 bridgehead atoms. The van der Waals surface area contributed by atoms with Crippen LogP contribution in [-0.2, 0) is 13.6 Å². The summed E-state index contributed by atoms with van der Waals surface area (Å²) in [5, 5.41) is 12.7. The summed E-state index contributed by atoms with van der Waals surface area (Å²) in [5.74, 6) is -0.501. The fraction of sp³-hybridized carbons (Fsp3) is 0.273. The standard InChI is InChI=1S/C22H23FN6O/c1-12-10-18(19-13(2)26-28(5)21(19)24-12)22(30)25-20-14(3)27-29(15(20)4)11-16-6-8-17(23)9-7-16/h6-10H,11H2,1-5H3,(H,25,30). The predicted molar refractivity (Wildman–Crippen MR) is 113 cm³/mol. The molecule has 0 aliphatic carbocycles. The van der Waals surface area contributed by atoms with Crippen LogP contribution in [0.15, 0.2) is 30.3 Å². The van der Waals surface area contributed by atoms with Crippen LogP contribution in [0.25, 0.3) is 11.0 Å². The minimum atomic E-state index is -0.273. The van der Waals surface area contributed by atoms with Crippen LogP contribution in [0.4, 0.5) is 10.1 Å². The molecule has 1 N–H and O–H groups in total. The van der Waals surface area contributed by atoms with E-state index in [9.17, 15) is 9.18 Å². The van der Waals surface area contributed by atoms with Gasteiger partial charge in [-0.25, -0.2) is 9.37 Å². The SMILES string of the molecule is Cc1cc(C(=O)Nc2c(C)nn(Cc3ccc(F)cc3)c2C)c2c(C)nn(C)c2n1. The molecule has 0 aliphatic heterocycles. The molecule has 0 fully saturated rings. The number of fused-ring (bicyclic) bond motifs is 1. The van der Waals surface area contributed by atoms with E-state index in [-0.39, 0.29) is 11.7 Å². The Morgan fingerprint density at radius 3 is 2.47 bits per heavy atom. The van der Waals surface area contributed by atoms with Crippen molar-refractivity contribution < 1.29 is 9.18 Å². The summed E-state index contributed by atoms with van der Waals surface area (Å²) in [4.78, 5) is 17.7. The van der Waals surface area contributed by atoms with Gasteiger partial charge in [0.25, 0.3) is 5.91 Å². The topological polar surface area (TPSA) is 77.6 Å². The molecule has 3 aromatic heterocycles. The van der Waals surface area contributed by atoms with E-state index in [1.54, 1.807) is 27.6 Å². The highest BCUT2D eigenvalue weighted by Crippen LogP contribution is 2.25. The molecule has 4 rings (SSSR count). The average Bonchev–Trinajstić information content (AvgIpc) is 3.12. The summed E-state index contributed by atoms with van der Waals surface area (Å²) in [6.07, 6.45) is 0. The number of nitrogens with zero attached hydrogens (tertiary/aromatic N) is 5. The largest absolute Gasteiger partial charge is 0.319 e. The zero-order valence-corrected chi connectivity index (χ0v) is 17.6. The van der Waals surface area contributed by atoms with E-state index in [0.29, 0.717) is 29.1 Å². The fourth-order valence-electron chi connectivity index (χ4n) is 3.72. The molecular weight excluding hydrogens is 383 g/mol. The molecule has 0 aliphatic rings. The van der Waals surface area contributed by atoms with E-state index in [2.05, 4.69) is 20.5 Å². The van der Waals surface area contributed by atoms with Crippen LogP contribution >= 0.6 is 0 Å². The maximum absolute atomic E-state index is 13.2. The highest BCUT2D eigenvalue weighted by Gasteiger charge is 2.20. The van der Waals surface area contributed by atoms with Gasteiger partial charge in [-0.2, -0.15) is 10.2 Å². The molecule has 1 aromatic carbocycles. The van der Waals surface area contributed by atoms with Crippen LogP contribution in [0.2, 0.25) is 0 Å². The van der Waals surface area contributed by atoms with Gasteiger partial charge in [-0.1, -0.05) is 12.1 Å². The molecular formula is C22H23FN6O. The first-order valence-corrected chi connectivity index (χ1v) is 9.65. The number of hydrogen-bond donors (Lipinski definition) is 1. The van der Waals surface area contributed by atoms with Crippen LogP contribution < -0.4 is 5.32 Å². The summed E-state index contributed by atoms with van der Waals surface area (Å²) in [7, 11) is 1.82. The number of nitrogens with one attached hydrogen (secondary N) is 1. The number of aryl methyl sites for hydroxylation is 4. The van der Waals surface area contributed by atoms with Crippen molar-refractivity contribution in [3.8, 4) is 0 Å². The summed E-state index contributed by atoms with van der Waals surface area (Å²) in [6.45, 7) is 7.97. The lowest BCUT2D eigenvalue weighted by atomic mass is 10.1. The van der Waals surface area contributed by atoms with Crippen molar-refractivity contribution in [1.82, 2.24) is 24.5 Å². The van der Waals surface area contributed by atoms with Gasteiger partial charge in [0, 0.05) is 12.7 Å². The molecule has 7 nitrogen and oxygen atoms in total. The Bertz CT molecular complexity index is 1270. The molecule has 4 aromatic rings. The van der Waals surface area contributed by atoms with E-state index in [0.717, 1.165) is 28.0 Å². The summed E-state index contributed by atoms with van der Waals surface area (Å²) >= 11 is 0. The van der Waals surface area contributed by atoms with Gasteiger partial charge in [-0.05, 0) is 51.5 Å². The van der Waals surface area contributed by atoms with E-state index < -0.39 is 0 Å². The zero-order chi connectivity index (χ0) is 21.6. The predicted octanol–water partition coefficient (Wildman–Crippen LogP) is 3.84. The lowest BCUT2D eigenvalue weighted by Crippen LogP contribution is -2.15. The fourth-order valence-corrected chi connectivity index (χ4v) is 3.72. The van der Waals surface area contributed by atoms with E-state index in [1.807, 2.05) is 34.7 Å². The molecule has 8 heteroatoms. The van der Waals surface area contributed by atoms with Crippen LogP contribution in [0.5, 0.6) is 0 Å². The van der Waals surface area contributed by atoms with Crippen molar-refractivity contribution in [1.29, 1.82) is 0 Å². The zero-order valence-electron chi connectivity index (χ0n) is 17.6. The van der Waals surface area contributed by atoms with E-state index >= 15 is 0 Å². The number of carbonyl (C=O) groups excluding carboxylic acids is 1. The van der Waals surface area contributed by atoms with Crippen molar-refractivity contribution in [3.63, 3.8) is 0 Å². The maximum Gasteiger partial charge on any atom is 0.256 e. The Balaban J connectivity index is 1.67. The quantitative estimate of drug-likeness (QED) is 0.559. The van der Waals surface area contributed by atoms with Gasteiger partial charge in [-0.15, -0.1) is 0 Å². The van der Waals surface area contributed by atoms with Crippen molar-refractivity contribution in [2.45, 2.75) is 34.2 Å². The van der Waals surface area contributed by atoms with Crippen molar-refractivity contribution >= 4 is 22.6 Å². The van der Waals surface area contributed by atoms with Crippen molar-refractivity contribution in [2.24, 2.45) is 7.05 Å². The van der Waals surface area contributed by atoms with E-state index in [1.165, 1.54) is 12.1 Å². The third-order valence-corrected chi connectivity index (χ3v) is 5.21. The lowest BCUT2D eigenvalue weighted by molar-refractivity contribution is 0.102. The number of hydrogen-bond acceptors (Lipinski definition) is 4. The molecule has 0 saturated carbocycles. The highest BCUT2D eigenvalue weighted by atomic mass is 19.1. The Morgan fingerprint density at radius 2 is 1.77 bits per heavy atom. The number of rotatable bonds is 4. The Hall–Kier alpha value is -3.55. The average molecular weight is 406 g/mol. The number of benzene rings is 1. The molecule has 1 amide bonds. The molecule has 0 atom stereocenters. The van der Waals surface area contributed by atoms with Crippen molar-refractivity contribution in [2.75, 3.05) is 5.32 Å². The molecule has 0 radical (unpaired) electrons. The lowest BCUT2D eigenvalue weighted by Gasteiger charge is -2.09. The number of pyridine rings is 1. The summed E-state index contributed by atoms with van der Waals surface area (Å²) < 4.78 is 16.7. The number of anilines is 1. The third kappa shape index (κ3) is 3.45. The smallest absolute Gasteiger partial charge is 0.256 e. The van der Waals surface area contributed by atoms with Gasteiger partial charge >= 0.3 is 0 Å². The second-order valence-corrected chi connectivity index (χ2v) is 7.50. The molecule has 0 saturated heterocycles. The molecule has 3 heterocycles. The first kappa shape index (κ1) is 19.8. The Kier molecular flexibility index (Phi) is 4.85. The van der Waals surface area contributed by atoms with Crippen LogP contribution in [-0.4, -0.2) is 30.5 Å². The van der Waals surface area contributed by atoms with Gasteiger partial charge in [0.15, 0.2) is 5.65 Å². The molecule has 154 valence electrons. The van der Waals surface area contributed by atoms with Crippen molar-refractivity contribution in [3.05, 3.63) is 70.1 Å². The van der Waals surface area contributed by atoms with Gasteiger partial charge in [-0.3, -0.25) is 14.2 Å². The van der Waals surface area contributed by atoms with Crippen LogP contribution in [0.1, 0.15) is 38.7 Å². The molecule has 30 heavy (non-hydrogen) atoms. The summed E-state index contributed by atoms with van der Waals surface area (Å²) in [5.41, 5.74) is 5.86. The minimum absolute atomic E-state index is 0.228. The Morgan fingerprint density at radius 1 is 1.07 bits per heavy atom. The molecule has 0 unspecified atom stereocenters. The second-order valence-electron chi connectivity index (χ2n) is 7.50. The monoisotopic (exact) mass is 406 g/mol. The first-order chi connectivity index (χ1) is 14.2. The number of carbonyl (C=O) groups is 1. The summed E-state index contributed by atoms with van der Waals surface area (Å²) in [6, 6.07) is 8.09. The second kappa shape index (κ2) is 7.37. The van der Waals surface area contributed by atoms with Crippen LogP contribution in [0.3, 0.4) is 0 Å². The minimum Gasteiger partial charge on any atom is -0.319 e. The normalized spacial score (nSPS) is 11.3. The van der Waals surface area contributed by atoms with Gasteiger partial charge < -0.3 is 5.32 Å². The Labute approximate surface area is 173 Å². The highest BCUT2D eigenvalue weighted by molar-refractivity contribution is 6.13. The number of amides is 1. The van der Waals surface area contributed by atoms with Gasteiger partial charge in [0.05, 0.1) is 40.3 Å². The van der Waals surface area contributed by atoms with Crippen LogP contribution in [0, 0.1) is 33.5 Å². The molecule has 0 spiro atoms. The first-order valence-electron chi connectivity index (χ1n) is 9.65. The maximum atomic E-state index is 13.2. The third-order valence-electron chi connectivity index (χ3n) is 5.21. The number of halogens is 1. The van der Waals surface area contributed by atoms with E-state index in [4.69, 9.17) is 0 Å². The van der Waals surface area contributed by atoms with Gasteiger partial charge in [0.1, 0.15) is 5.82 Å².